The van der Waals surface area contributed by atoms with Gasteiger partial charge in [0.2, 0.25) is 0 Å². The van der Waals surface area contributed by atoms with Crippen LogP contribution >= 0.6 is 27.5 Å². The van der Waals surface area contributed by atoms with Gasteiger partial charge in [0.05, 0.1) is 9.57 Å². The van der Waals surface area contributed by atoms with E-state index in [4.69, 9.17) is 21.1 Å². The summed E-state index contributed by atoms with van der Waals surface area (Å²) < 4.78 is 33.8. The number of hydrogen-bond donors (Lipinski definition) is 0. The molecule has 1 heterocycles. The van der Waals surface area contributed by atoms with E-state index in [0.29, 0.717) is 35.3 Å². The first kappa shape index (κ1) is 15.9. The Morgan fingerprint density at radius 3 is 2.25 bits per heavy atom. The Bertz CT molecular complexity index is 628. The molecule has 1 unspecified atom stereocenters. The van der Waals surface area contributed by atoms with Crippen molar-refractivity contribution in [2.24, 2.45) is 0 Å². The van der Waals surface area contributed by atoms with E-state index in [9.17, 15) is 8.42 Å². The summed E-state index contributed by atoms with van der Waals surface area (Å²) in [6.07, 6.45) is 1.22. The zero-order chi connectivity index (χ0) is 15.1. The maximum Gasteiger partial charge on any atom is 0.162 e. The second-order valence-corrected chi connectivity index (χ2v) is 9.17. The minimum atomic E-state index is -3.27. The van der Waals surface area contributed by atoms with Crippen LogP contribution in [0.5, 0.6) is 11.5 Å². The largest absolute Gasteiger partial charge is 0.486 e. The molecule has 0 aliphatic carbocycles. The molecule has 0 fully saturated rings. The van der Waals surface area contributed by atoms with Gasteiger partial charge in [-0.2, -0.15) is 0 Å². The van der Waals surface area contributed by atoms with Gasteiger partial charge in [-0.3, -0.25) is 0 Å². The zero-order valence-electron chi connectivity index (χ0n) is 11.4. The number of benzene rings is 1. The van der Waals surface area contributed by atoms with Crippen LogP contribution in [0.25, 0.3) is 0 Å². The molecule has 0 N–H and O–H groups in total. The molecule has 1 aliphatic rings. The molecule has 0 saturated heterocycles. The van der Waals surface area contributed by atoms with Crippen molar-refractivity contribution in [3.05, 3.63) is 22.7 Å². The first-order valence-corrected chi connectivity index (χ1v) is 9.26. The third kappa shape index (κ3) is 2.78. The van der Waals surface area contributed by atoms with Crippen molar-refractivity contribution in [1.82, 2.24) is 0 Å². The quantitative estimate of drug-likeness (QED) is 0.751. The number of sulfone groups is 1. The number of alkyl halides is 1. The van der Waals surface area contributed by atoms with Gasteiger partial charge in [-0.1, -0.05) is 27.5 Å². The molecule has 1 atom stereocenters. The highest BCUT2D eigenvalue weighted by Gasteiger charge is 2.39. The molecule has 0 spiro atoms. The smallest absolute Gasteiger partial charge is 0.162 e. The van der Waals surface area contributed by atoms with Crippen molar-refractivity contribution in [1.29, 1.82) is 0 Å². The molecule has 1 aliphatic heterocycles. The standard InChI is InChI=1S/C13H16BrClO4S/c1-13(2,20(3,16)17)12(14)8-6-10-11(7-9(8)15)19-5-4-18-10/h6-7,12H,4-5H2,1-3H3. The number of halogens is 2. The molecular formula is C13H16BrClO4S. The fourth-order valence-corrected chi connectivity index (χ4v) is 4.13. The monoisotopic (exact) mass is 382 g/mol. The van der Waals surface area contributed by atoms with Gasteiger partial charge in [-0.05, 0) is 25.5 Å². The molecule has 7 heteroatoms. The number of ether oxygens (including phenoxy) is 2. The van der Waals surface area contributed by atoms with E-state index < -0.39 is 19.4 Å². The van der Waals surface area contributed by atoms with E-state index in [0.717, 1.165) is 0 Å². The van der Waals surface area contributed by atoms with Gasteiger partial charge in [-0.15, -0.1) is 0 Å². The summed E-state index contributed by atoms with van der Waals surface area (Å²) in [5.74, 6) is 1.17. The summed E-state index contributed by atoms with van der Waals surface area (Å²) >= 11 is 9.71. The molecule has 1 aromatic rings. The number of rotatable bonds is 3. The summed E-state index contributed by atoms with van der Waals surface area (Å²) in [6.45, 7) is 4.27. The van der Waals surface area contributed by atoms with Crippen LogP contribution in [0, 0.1) is 0 Å². The summed E-state index contributed by atoms with van der Waals surface area (Å²) in [6, 6.07) is 3.40. The summed E-state index contributed by atoms with van der Waals surface area (Å²) in [7, 11) is -3.27. The van der Waals surface area contributed by atoms with E-state index >= 15 is 0 Å². The number of hydrogen-bond acceptors (Lipinski definition) is 4. The maximum absolute atomic E-state index is 11.9. The zero-order valence-corrected chi connectivity index (χ0v) is 14.6. The van der Waals surface area contributed by atoms with Crippen molar-refractivity contribution in [3.63, 3.8) is 0 Å². The van der Waals surface area contributed by atoms with Crippen LogP contribution in [0.3, 0.4) is 0 Å². The van der Waals surface area contributed by atoms with Gasteiger partial charge >= 0.3 is 0 Å². The third-order valence-electron chi connectivity index (χ3n) is 3.50. The van der Waals surface area contributed by atoms with Crippen LogP contribution in [-0.4, -0.2) is 32.6 Å². The Balaban J connectivity index is 2.48. The van der Waals surface area contributed by atoms with Crippen molar-refractivity contribution in [2.75, 3.05) is 19.5 Å². The highest BCUT2D eigenvalue weighted by atomic mass is 79.9. The van der Waals surface area contributed by atoms with Gasteiger partial charge < -0.3 is 9.47 Å². The fraction of sp³-hybridized carbons (Fsp3) is 0.538. The summed E-state index contributed by atoms with van der Waals surface area (Å²) in [4.78, 5) is -0.451. The van der Waals surface area contributed by atoms with E-state index in [1.807, 2.05) is 0 Å². The minimum Gasteiger partial charge on any atom is -0.486 e. The molecule has 1 aromatic carbocycles. The average molecular weight is 384 g/mol. The lowest BCUT2D eigenvalue weighted by molar-refractivity contribution is 0.171. The molecular weight excluding hydrogens is 368 g/mol. The van der Waals surface area contributed by atoms with E-state index in [1.165, 1.54) is 6.26 Å². The molecule has 112 valence electrons. The van der Waals surface area contributed by atoms with Crippen LogP contribution in [-0.2, 0) is 9.84 Å². The lowest BCUT2D eigenvalue weighted by Gasteiger charge is -2.30. The molecule has 0 amide bonds. The fourth-order valence-electron chi connectivity index (χ4n) is 1.84. The second-order valence-electron chi connectivity index (χ2n) is 5.26. The molecule has 20 heavy (non-hydrogen) atoms. The molecule has 0 bridgehead atoms. The van der Waals surface area contributed by atoms with Crippen LogP contribution < -0.4 is 9.47 Å². The first-order chi connectivity index (χ1) is 9.14. The highest BCUT2D eigenvalue weighted by Crippen LogP contribution is 2.45. The third-order valence-corrected chi connectivity index (χ3v) is 7.92. The lowest BCUT2D eigenvalue weighted by atomic mass is 10.0. The van der Waals surface area contributed by atoms with E-state index in [2.05, 4.69) is 15.9 Å². The summed E-state index contributed by atoms with van der Waals surface area (Å²) in [5.41, 5.74) is 0.673. The predicted molar refractivity (Wildman–Crippen MR) is 83.0 cm³/mol. The summed E-state index contributed by atoms with van der Waals surface area (Å²) in [5, 5.41) is 0.452. The van der Waals surface area contributed by atoms with Crippen LogP contribution in [0.15, 0.2) is 12.1 Å². The minimum absolute atomic E-state index is 0.451. The molecule has 0 aromatic heterocycles. The van der Waals surface area contributed by atoms with Crippen molar-refractivity contribution in [2.45, 2.75) is 23.4 Å². The molecule has 0 saturated carbocycles. The van der Waals surface area contributed by atoms with Gasteiger partial charge in [0.25, 0.3) is 0 Å². The van der Waals surface area contributed by atoms with E-state index in [1.54, 1.807) is 26.0 Å². The normalized spacial score (nSPS) is 16.9. The number of fused-ring (bicyclic) bond motifs is 1. The highest BCUT2D eigenvalue weighted by molar-refractivity contribution is 9.09. The van der Waals surface area contributed by atoms with E-state index in [-0.39, 0.29) is 0 Å². The van der Waals surface area contributed by atoms with Crippen LogP contribution in [0.4, 0.5) is 0 Å². The second kappa shape index (κ2) is 5.39. The topological polar surface area (TPSA) is 52.6 Å². The predicted octanol–water partition coefficient (Wildman–Crippen LogP) is 3.37. The Labute approximate surface area is 132 Å². The SMILES string of the molecule is CC(C)(C(Br)c1cc2c(cc1Cl)OCCO2)S(C)(=O)=O. The van der Waals surface area contributed by atoms with Crippen molar-refractivity contribution >= 4 is 37.4 Å². The van der Waals surface area contributed by atoms with Crippen molar-refractivity contribution < 1.29 is 17.9 Å². The molecule has 4 nitrogen and oxygen atoms in total. The Kier molecular flexibility index (Phi) is 4.29. The van der Waals surface area contributed by atoms with Gasteiger partial charge in [-0.25, -0.2) is 8.42 Å². The van der Waals surface area contributed by atoms with Crippen LogP contribution in [0.1, 0.15) is 24.2 Å². The maximum atomic E-state index is 11.9. The Hall–Kier alpha value is -0.460. The molecule has 2 rings (SSSR count). The Morgan fingerprint density at radius 1 is 1.25 bits per heavy atom. The average Bonchev–Trinajstić information content (AvgIpc) is 2.35. The van der Waals surface area contributed by atoms with Gasteiger partial charge in [0.15, 0.2) is 21.3 Å². The molecule has 0 radical (unpaired) electrons. The first-order valence-electron chi connectivity index (χ1n) is 6.07. The van der Waals surface area contributed by atoms with Crippen LogP contribution in [0.2, 0.25) is 5.02 Å². The lowest BCUT2D eigenvalue weighted by Crippen LogP contribution is -2.35. The van der Waals surface area contributed by atoms with Gasteiger partial charge in [0, 0.05) is 17.3 Å². The van der Waals surface area contributed by atoms with Crippen molar-refractivity contribution in [3.8, 4) is 11.5 Å². The van der Waals surface area contributed by atoms with Gasteiger partial charge in [0.1, 0.15) is 13.2 Å². The Morgan fingerprint density at radius 2 is 1.75 bits per heavy atom.